The Hall–Kier alpha value is -2.24. The third kappa shape index (κ3) is 6.08. The Morgan fingerprint density at radius 2 is 1.20 bits per heavy atom. The molecule has 6 heteroatoms. The Morgan fingerprint density at radius 1 is 0.850 bits per heavy atom. The van der Waals surface area contributed by atoms with Crippen LogP contribution < -0.4 is 10.6 Å². The molecule has 1 aromatic carbocycles. The van der Waals surface area contributed by atoms with Gasteiger partial charge in [0, 0.05) is 13.1 Å². The predicted octanol–water partition coefficient (Wildman–Crippen LogP) is 1.48. The average molecular weight is 280 g/mol. The van der Waals surface area contributed by atoms with Crippen molar-refractivity contribution in [2.24, 2.45) is 0 Å². The summed E-state index contributed by atoms with van der Waals surface area (Å²) in [5, 5.41) is 5.25. The van der Waals surface area contributed by atoms with E-state index in [0.717, 1.165) is 24.0 Å². The van der Waals surface area contributed by atoms with E-state index in [0.29, 0.717) is 13.1 Å². The third-order valence-electron chi connectivity index (χ3n) is 2.76. The Bertz CT molecular complexity index is 390. The van der Waals surface area contributed by atoms with Crippen molar-refractivity contribution in [3.8, 4) is 0 Å². The molecule has 0 aliphatic heterocycles. The van der Waals surface area contributed by atoms with Crippen molar-refractivity contribution in [1.29, 1.82) is 0 Å². The van der Waals surface area contributed by atoms with Gasteiger partial charge in [-0.3, -0.25) is 0 Å². The van der Waals surface area contributed by atoms with Crippen LogP contribution in [0.4, 0.5) is 9.59 Å². The van der Waals surface area contributed by atoms with Crippen LogP contribution >= 0.6 is 0 Å². The molecule has 1 aromatic rings. The normalized spacial score (nSPS) is 9.70. The molecule has 0 aliphatic rings. The first-order chi connectivity index (χ1) is 9.65. The van der Waals surface area contributed by atoms with Crippen LogP contribution in [0.25, 0.3) is 0 Å². The zero-order valence-electron chi connectivity index (χ0n) is 11.8. The first-order valence-electron chi connectivity index (χ1n) is 6.37. The Labute approximate surface area is 118 Å². The van der Waals surface area contributed by atoms with E-state index in [1.807, 2.05) is 24.3 Å². The molecule has 2 N–H and O–H groups in total. The summed E-state index contributed by atoms with van der Waals surface area (Å²) in [6.07, 6.45) is 0.650. The number of alkyl carbamates (subject to hydrolysis) is 2. The molecule has 0 bridgehead atoms. The summed E-state index contributed by atoms with van der Waals surface area (Å²) < 4.78 is 8.97. The zero-order chi connectivity index (χ0) is 14.8. The number of rotatable bonds is 6. The summed E-state index contributed by atoms with van der Waals surface area (Å²) in [6, 6.07) is 8.03. The molecule has 0 aliphatic carbocycles. The van der Waals surface area contributed by atoms with Gasteiger partial charge in [-0.15, -0.1) is 0 Å². The number of ether oxygens (including phenoxy) is 2. The third-order valence-corrected chi connectivity index (χ3v) is 2.76. The first-order valence-corrected chi connectivity index (χ1v) is 6.37. The van der Waals surface area contributed by atoms with Crippen molar-refractivity contribution in [3.05, 3.63) is 35.4 Å². The van der Waals surface area contributed by atoms with Gasteiger partial charge < -0.3 is 20.1 Å². The van der Waals surface area contributed by atoms with E-state index in [4.69, 9.17) is 0 Å². The molecular weight excluding hydrogens is 260 g/mol. The Kier molecular flexibility index (Phi) is 6.95. The van der Waals surface area contributed by atoms with Crippen LogP contribution in [0.5, 0.6) is 0 Å². The van der Waals surface area contributed by atoms with E-state index in [-0.39, 0.29) is 0 Å². The quantitative estimate of drug-likeness (QED) is 0.827. The molecule has 20 heavy (non-hydrogen) atoms. The fourth-order valence-electron chi connectivity index (χ4n) is 1.63. The lowest BCUT2D eigenvalue weighted by Gasteiger charge is -2.06. The molecular formula is C14H20N2O4. The summed E-state index contributed by atoms with van der Waals surface area (Å²) in [7, 11) is 2.68. The minimum atomic E-state index is -0.421. The zero-order valence-corrected chi connectivity index (χ0v) is 11.8. The van der Waals surface area contributed by atoms with Crippen LogP contribution in [0.15, 0.2) is 24.3 Å². The summed E-state index contributed by atoms with van der Waals surface area (Å²) >= 11 is 0. The summed E-state index contributed by atoms with van der Waals surface area (Å²) in [5.74, 6) is 0. The van der Waals surface area contributed by atoms with Gasteiger partial charge in [0.1, 0.15) is 0 Å². The molecule has 110 valence electrons. The topological polar surface area (TPSA) is 76.7 Å². The maximum absolute atomic E-state index is 10.9. The van der Waals surface area contributed by atoms with Crippen molar-refractivity contribution in [3.63, 3.8) is 0 Å². The number of methoxy groups -OCH3 is 2. The van der Waals surface area contributed by atoms with Crippen molar-refractivity contribution >= 4 is 12.2 Å². The van der Waals surface area contributed by atoms with Crippen molar-refractivity contribution in [2.75, 3.05) is 27.3 Å². The maximum atomic E-state index is 10.9. The van der Waals surface area contributed by atoms with Gasteiger partial charge in [-0.1, -0.05) is 24.3 Å². The molecule has 0 saturated carbocycles. The summed E-state index contributed by atoms with van der Waals surface area (Å²) in [6.45, 7) is 1.08. The minimum Gasteiger partial charge on any atom is -0.453 e. The number of benzene rings is 1. The van der Waals surface area contributed by atoms with E-state index in [1.165, 1.54) is 14.2 Å². The maximum Gasteiger partial charge on any atom is 0.406 e. The summed E-state index contributed by atoms with van der Waals surface area (Å²) in [5.41, 5.74) is 2.26. The van der Waals surface area contributed by atoms with Crippen molar-refractivity contribution < 1.29 is 19.1 Å². The monoisotopic (exact) mass is 280 g/mol. The van der Waals surface area contributed by atoms with Crippen LogP contribution in [-0.4, -0.2) is 39.5 Å². The Balaban J connectivity index is 2.29. The van der Waals surface area contributed by atoms with Gasteiger partial charge in [0.15, 0.2) is 0 Å². The van der Waals surface area contributed by atoms with E-state index < -0.39 is 12.2 Å². The average Bonchev–Trinajstić information content (AvgIpc) is 2.48. The number of hydrogen-bond donors (Lipinski definition) is 2. The number of nitrogens with one attached hydrogen (secondary N) is 2. The standard InChI is InChI=1S/C14H20N2O4/c1-19-13(17)15-9-7-11-3-5-12(6-4-11)8-10-16-14(18)20-2/h3-6H,7-10H2,1-2H3,(H,15,17)(H,16,18). The van der Waals surface area contributed by atoms with E-state index in [9.17, 15) is 9.59 Å². The predicted molar refractivity (Wildman–Crippen MR) is 74.7 cm³/mol. The second-order valence-corrected chi connectivity index (χ2v) is 4.15. The van der Waals surface area contributed by atoms with Crippen LogP contribution in [0.2, 0.25) is 0 Å². The van der Waals surface area contributed by atoms with Gasteiger partial charge in [-0.25, -0.2) is 9.59 Å². The van der Waals surface area contributed by atoms with Crippen molar-refractivity contribution in [2.45, 2.75) is 12.8 Å². The second kappa shape index (κ2) is 8.79. The molecule has 0 spiro atoms. The molecule has 0 atom stereocenters. The molecule has 2 amide bonds. The SMILES string of the molecule is COC(=O)NCCc1ccc(CCNC(=O)OC)cc1. The lowest BCUT2D eigenvalue weighted by molar-refractivity contribution is 0.170. The van der Waals surface area contributed by atoms with Gasteiger partial charge in [0.05, 0.1) is 14.2 Å². The number of carbonyl (C=O) groups excluding carboxylic acids is 2. The lowest BCUT2D eigenvalue weighted by Crippen LogP contribution is -2.25. The van der Waals surface area contributed by atoms with Crippen LogP contribution in [0.3, 0.4) is 0 Å². The van der Waals surface area contributed by atoms with E-state index in [1.54, 1.807) is 0 Å². The van der Waals surface area contributed by atoms with E-state index >= 15 is 0 Å². The van der Waals surface area contributed by atoms with E-state index in [2.05, 4.69) is 20.1 Å². The fraction of sp³-hybridized carbons (Fsp3) is 0.429. The van der Waals surface area contributed by atoms with Gasteiger partial charge in [-0.05, 0) is 24.0 Å². The fourth-order valence-corrected chi connectivity index (χ4v) is 1.63. The molecule has 0 radical (unpaired) electrons. The minimum absolute atomic E-state index is 0.421. The first kappa shape index (κ1) is 15.8. The molecule has 0 heterocycles. The summed E-state index contributed by atoms with van der Waals surface area (Å²) in [4.78, 5) is 21.8. The highest BCUT2D eigenvalue weighted by molar-refractivity contribution is 5.67. The highest BCUT2D eigenvalue weighted by atomic mass is 16.5. The number of hydrogen-bond acceptors (Lipinski definition) is 4. The number of carbonyl (C=O) groups is 2. The Morgan fingerprint density at radius 3 is 1.50 bits per heavy atom. The van der Waals surface area contributed by atoms with Gasteiger partial charge in [0.25, 0.3) is 0 Å². The van der Waals surface area contributed by atoms with Crippen LogP contribution in [0, 0.1) is 0 Å². The largest absolute Gasteiger partial charge is 0.453 e. The smallest absolute Gasteiger partial charge is 0.406 e. The molecule has 1 rings (SSSR count). The number of amides is 2. The van der Waals surface area contributed by atoms with Crippen molar-refractivity contribution in [1.82, 2.24) is 10.6 Å². The molecule has 0 fully saturated rings. The van der Waals surface area contributed by atoms with Gasteiger partial charge in [0.2, 0.25) is 0 Å². The van der Waals surface area contributed by atoms with Crippen LogP contribution in [-0.2, 0) is 22.3 Å². The highest BCUT2D eigenvalue weighted by Crippen LogP contribution is 2.05. The lowest BCUT2D eigenvalue weighted by atomic mass is 10.1. The molecule has 0 aromatic heterocycles. The molecule has 0 unspecified atom stereocenters. The molecule has 6 nitrogen and oxygen atoms in total. The van der Waals surface area contributed by atoms with Crippen LogP contribution in [0.1, 0.15) is 11.1 Å². The van der Waals surface area contributed by atoms with Gasteiger partial charge in [-0.2, -0.15) is 0 Å². The highest BCUT2D eigenvalue weighted by Gasteiger charge is 2.00. The van der Waals surface area contributed by atoms with Gasteiger partial charge >= 0.3 is 12.2 Å². The molecule has 0 saturated heterocycles. The second-order valence-electron chi connectivity index (χ2n) is 4.15.